The first-order valence-corrected chi connectivity index (χ1v) is 9.09. The van der Waals surface area contributed by atoms with Crippen LogP contribution in [0.1, 0.15) is 18.9 Å². The van der Waals surface area contributed by atoms with Crippen molar-refractivity contribution in [1.82, 2.24) is 4.90 Å². The molecule has 2 fully saturated rings. The summed E-state index contributed by atoms with van der Waals surface area (Å²) in [7, 11) is 0. The number of nitrogens with zero attached hydrogens (tertiary/aromatic N) is 2. The van der Waals surface area contributed by atoms with Gasteiger partial charge in [0, 0.05) is 25.3 Å². The van der Waals surface area contributed by atoms with Crippen LogP contribution in [0.5, 0.6) is 0 Å². The number of benzene rings is 1. The van der Waals surface area contributed by atoms with Crippen LogP contribution in [0.15, 0.2) is 29.2 Å². The van der Waals surface area contributed by atoms with Crippen molar-refractivity contribution >= 4 is 46.0 Å². The van der Waals surface area contributed by atoms with Crippen molar-refractivity contribution in [3.63, 3.8) is 0 Å². The van der Waals surface area contributed by atoms with Crippen LogP contribution in [0.25, 0.3) is 6.08 Å². The van der Waals surface area contributed by atoms with E-state index < -0.39 is 0 Å². The number of hydrogen-bond donors (Lipinski definition) is 0. The predicted molar refractivity (Wildman–Crippen MR) is 99.6 cm³/mol. The molecular weight excluding hydrogens is 328 g/mol. The molecule has 0 radical (unpaired) electrons. The summed E-state index contributed by atoms with van der Waals surface area (Å²) < 4.78 is 6.04. The normalized spacial score (nSPS) is 20.7. The standard InChI is InChI=1S/C17H20N2O2S2/c1-2-7-19-16(20)15(23-17(19)22)12-13-3-5-14(6-4-13)18-8-10-21-11-9-18/h3-6,12H,2,7-11H2,1H3/b15-12-. The van der Waals surface area contributed by atoms with Gasteiger partial charge in [-0.15, -0.1) is 0 Å². The second kappa shape index (κ2) is 7.47. The average molecular weight is 348 g/mol. The van der Waals surface area contributed by atoms with Crippen molar-refractivity contribution < 1.29 is 9.53 Å². The number of anilines is 1. The number of ether oxygens (including phenoxy) is 1. The van der Waals surface area contributed by atoms with Gasteiger partial charge in [-0.2, -0.15) is 0 Å². The van der Waals surface area contributed by atoms with Crippen LogP contribution in [0.4, 0.5) is 5.69 Å². The first kappa shape index (κ1) is 16.5. The summed E-state index contributed by atoms with van der Waals surface area (Å²) in [4.78, 5) is 17.1. The maximum atomic E-state index is 12.4. The number of carbonyl (C=O) groups excluding carboxylic acids is 1. The second-order valence-corrected chi connectivity index (χ2v) is 7.20. The van der Waals surface area contributed by atoms with Crippen molar-refractivity contribution in [3.05, 3.63) is 34.7 Å². The topological polar surface area (TPSA) is 32.8 Å². The van der Waals surface area contributed by atoms with E-state index in [1.807, 2.05) is 13.0 Å². The summed E-state index contributed by atoms with van der Waals surface area (Å²) in [6, 6.07) is 8.31. The molecule has 0 saturated carbocycles. The molecule has 2 heterocycles. The highest BCUT2D eigenvalue weighted by atomic mass is 32.2. The molecule has 0 aliphatic carbocycles. The maximum absolute atomic E-state index is 12.4. The first-order valence-electron chi connectivity index (χ1n) is 7.87. The highest BCUT2D eigenvalue weighted by molar-refractivity contribution is 8.26. The number of amides is 1. The third-order valence-electron chi connectivity index (χ3n) is 3.89. The smallest absolute Gasteiger partial charge is 0.266 e. The average Bonchev–Trinajstić information content (AvgIpc) is 2.84. The lowest BCUT2D eigenvalue weighted by molar-refractivity contribution is -0.122. The number of rotatable bonds is 4. The Hall–Kier alpha value is -1.37. The monoisotopic (exact) mass is 348 g/mol. The Morgan fingerprint density at radius 1 is 1.26 bits per heavy atom. The van der Waals surface area contributed by atoms with Gasteiger partial charge in [0.05, 0.1) is 18.1 Å². The van der Waals surface area contributed by atoms with Gasteiger partial charge in [-0.25, -0.2) is 0 Å². The van der Waals surface area contributed by atoms with E-state index in [2.05, 4.69) is 29.2 Å². The first-order chi connectivity index (χ1) is 11.2. The van der Waals surface area contributed by atoms with Gasteiger partial charge >= 0.3 is 0 Å². The molecule has 0 unspecified atom stereocenters. The minimum atomic E-state index is 0.0269. The molecule has 23 heavy (non-hydrogen) atoms. The van der Waals surface area contributed by atoms with Crippen molar-refractivity contribution in [2.75, 3.05) is 37.7 Å². The number of thioether (sulfide) groups is 1. The summed E-state index contributed by atoms with van der Waals surface area (Å²) in [5.41, 5.74) is 2.22. The maximum Gasteiger partial charge on any atom is 0.266 e. The van der Waals surface area contributed by atoms with Crippen LogP contribution in [0.3, 0.4) is 0 Å². The zero-order valence-electron chi connectivity index (χ0n) is 13.2. The molecule has 4 nitrogen and oxygen atoms in total. The lowest BCUT2D eigenvalue weighted by Crippen LogP contribution is -2.36. The molecule has 0 N–H and O–H groups in total. The second-order valence-electron chi connectivity index (χ2n) is 5.52. The Kier molecular flexibility index (Phi) is 5.35. The summed E-state index contributed by atoms with van der Waals surface area (Å²) in [6.45, 7) is 6.15. The molecule has 122 valence electrons. The van der Waals surface area contributed by atoms with Crippen molar-refractivity contribution in [1.29, 1.82) is 0 Å². The molecule has 2 saturated heterocycles. The Labute approximate surface area is 146 Å². The molecular formula is C17H20N2O2S2. The van der Waals surface area contributed by atoms with E-state index in [1.54, 1.807) is 4.90 Å². The molecule has 3 rings (SSSR count). The van der Waals surface area contributed by atoms with Crippen molar-refractivity contribution in [2.45, 2.75) is 13.3 Å². The van der Waals surface area contributed by atoms with Crippen molar-refractivity contribution in [3.8, 4) is 0 Å². The summed E-state index contributed by atoms with van der Waals surface area (Å²) in [5, 5.41) is 0. The Morgan fingerprint density at radius 2 is 1.96 bits per heavy atom. The van der Waals surface area contributed by atoms with Crippen LogP contribution in [0.2, 0.25) is 0 Å². The zero-order valence-corrected chi connectivity index (χ0v) is 14.8. The van der Waals surface area contributed by atoms with Gasteiger partial charge in [0.1, 0.15) is 4.32 Å². The van der Waals surface area contributed by atoms with Crippen molar-refractivity contribution in [2.24, 2.45) is 0 Å². The molecule has 2 aliphatic rings. The van der Waals surface area contributed by atoms with Crippen LogP contribution in [-0.4, -0.2) is 48.0 Å². The third kappa shape index (κ3) is 3.76. The Morgan fingerprint density at radius 3 is 2.61 bits per heavy atom. The number of morpholine rings is 1. The summed E-state index contributed by atoms with van der Waals surface area (Å²) >= 11 is 6.68. The highest BCUT2D eigenvalue weighted by Crippen LogP contribution is 2.32. The molecule has 6 heteroatoms. The van der Waals surface area contributed by atoms with Gasteiger partial charge in [-0.05, 0) is 30.2 Å². The van der Waals surface area contributed by atoms with Gasteiger partial charge in [0.2, 0.25) is 0 Å². The number of carbonyl (C=O) groups is 1. The van der Waals surface area contributed by atoms with E-state index in [-0.39, 0.29) is 5.91 Å². The van der Waals surface area contributed by atoms with E-state index in [0.29, 0.717) is 15.8 Å². The summed E-state index contributed by atoms with van der Waals surface area (Å²) in [6.07, 6.45) is 2.84. The SMILES string of the molecule is CCCN1C(=O)/C(=C/c2ccc(N3CCOCC3)cc2)SC1=S. The molecule has 0 spiro atoms. The quantitative estimate of drug-likeness (QED) is 0.617. The van der Waals surface area contributed by atoms with E-state index in [9.17, 15) is 4.79 Å². The zero-order chi connectivity index (χ0) is 16.2. The molecule has 0 aromatic heterocycles. The highest BCUT2D eigenvalue weighted by Gasteiger charge is 2.31. The minimum Gasteiger partial charge on any atom is -0.378 e. The molecule has 0 bridgehead atoms. The van der Waals surface area contributed by atoms with E-state index >= 15 is 0 Å². The number of thiocarbonyl (C=S) groups is 1. The minimum absolute atomic E-state index is 0.0269. The van der Waals surface area contributed by atoms with Crippen LogP contribution in [-0.2, 0) is 9.53 Å². The molecule has 0 atom stereocenters. The fourth-order valence-corrected chi connectivity index (χ4v) is 3.98. The van der Waals surface area contributed by atoms with E-state index in [1.165, 1.54) is 17.4 Å². The molecule has 2 aliphatic heterocycles. The van der Waals surface area contributed by atoms with Gasteiger partial charge in [0.25, 0.3) is 5.91 Å². The molecule has 1 aromatic carbocycles. The van der Waals surface area contributed by atoms with Crippen LogP contribution >= 0.6 is 24.0 Å². The van der Waals surface area contributed by atoms with Gasteiger partial charge in [0.15, 0.2) is 0 Å². The Bertz CT molecular complexity index is 622. The fraction of sp³-hybridized carbons (Fsp3) is 0.412. The Balaban J connectivity index is 1.72. The third-order valence-corrected chi connectivity index (χ3v) is 5.27. The van der Waals surface area contributed by atoms with E-state index in [0.717, 1.165) is 38.3 Å². The molecule has 1 aromatic rings. The molecule has 1 amide bonds. The largest absolute Gasteiger partial charge is 0.378 e. The lowest BCUT2D eigenvalue weighted by atomic mass is 10.1. The van der Waals surface area contributed by atoms with Gasteiger partial charge < -0.3 is 9.64 Å². The van der Waals surface area contributed by atoms with Gasteiger partial charge in [-0.3, -0.25) is 9.69 Å². The van der Waals surface area contributed by atoms with Crippen LogP contribution < -0.4 is 4.90 Å². The van der Waals surface area contributed by atoms with Gasteiger partial charge in [-0.1, -0.05) is 43.0 Å². The predicted octanol–water partition coefficient (Wildman–Crippen LogP) is 3.13. The van der Waals surface area contributed by atoms with Crippen LogP contribution in [0, 0.1) is 0 Å². The lowest BCUT2D eigenvalue weighted by Gasteiger charge is -2.28. The number of hydrogen-bond acceptors (Lipinski definition) is 5. The fourth-order valence-electron chi connectivity index (χ4n) is 2.67. The summed E-state index contributed by atoms with van der Waals surface area (Å²) in [5.74, 6) is 0.0269. The van der Waals surface area contributed by atoms with E-state index in [4.69, 9.17) is 17.0 Å².